The fraction of sp³-hybridized carbons (Fsp3) is 0.565. The first-order valence-electron chi connectivity index (χ1n) is 10.6. The minimum absolute atomic E-state index is 0.0285. The van der Waals surface area contributed by atoms with Crippen molar-refractivity contribution in [2.24, 2.45) is 13.0 Å². The van der Waals surface area contributed by atoms with Crippen LogP contribution in [-0.4, -0.2) is 22.1 Å². The summed E-state index contributed by atoms with van der Waals surface area (Å²) < 4.78 is 4.29. The molecular formula is C23H34N3O2+. The third kappa shape index (κ3) is 4.14. The van der Waals surface area contributed by atoms with Gasteiger partial charge in [-0.05, 0) is 18.4 Å². The van der Waals surface area contributed by atoms with Gasteiger partial charge in [-0.15, -0.1) is 0 Å². The first kappa shape index (κ1) is 20.6. The van der Waals surface area contributed by atoms with Crippen molar-refractivity contribution < 1.29 is 14.5 Å². The van der Waals surface area contributed by atoms with Crippen molar-refractivity contribution in [2.45, 2.75) is 64.0 Å². The van der Waals surface area contributed by atoms with Gasteiger partial charge in [0.15, 0.2) is 5.60 Å². The van der Waals surface area contributed by atoms with Crippen molar-refractivity contribution in [3.8, 4) is 0 Å². The van der Waals surface area contributed by atoms with Gasteiger partial charge in [0, 0.05) is 5.92 Å². The molecule has 3 rings (SSSR count). The van der Waals surface area contributed by atoms with E-state index in [0.717, 1.165) is 25.7 Å². The fourth-order valence-corrected chi connectivity index (χ4v) is 4.65. The Balaban J connectivity index is 1.73. The van der Waals surface area contributed by atoms with Gasteiger partial charge < -0.3 is 10.4 Å². The lowest BCUT2D eigenvalue weighted by Crippen LogP contribution is -2.50. The molecule has 152 valence electrons. The number of hydrogen-bond donors (Lipinski definition) is 2. The molecule has 0 radical (unpaired) electrons. The highest BCUT2D eigenvalue weighted by atomic mass is 16.3. The molecule has 28 heavy (non-hydrogen) atoms. The zero-order valence-electron chi connectivity index (χ0n) is 17.4. The number of aryl methyl sites for hydroxylation is 1. The van der Waals surface area contributed by atoms with Crippen LogP contribution >= 0.6 is 0 Å². The summed E-state index contributed by atoms with van der Waals surface area (Å²) in [6.07, 6.45) is 9.21. The van der Waals surface area contributed by atoms with Gasteiger partial charge in [-0.1, -0.05) is 63.4 Å². The van der Waals surface area contributed by atoms with Crippen molar-refractivity contribution in [1.29, 1.82) is 0 Å². The number of amides is 1. The maximum Gasteiger partial charge on any atom is 0.258 e. The Morgan fingerprint density at radius 2 is 1.93 bits per heavy atom. The van der Waals surface area contributed by atoms with E-state index in [0.29, 0.717) is 24.6 Å². The van der Waals surface area contributed by atoms with E-state index in [1.165, 1.54) is 12.2 Å². The third-order valence-electron chi connectivity index (χ3n) is 6.04. The van der Waals surface area contributed by atoms with E-state index in [1.54, 1.807) is 0 Å². The van der Waals surface area contributed by atoms with Crippen LogP contribution in [0.1, 0.15) is 63.3 Å². The van der Waals surface area contributed by atoms with E-state index >= 15 is 0 Å². The van der Waals surface area contributed by atoms with E-state index in [-0.39, 0.29) is 11.8 Å². The molecule has 1 aromatic carbocycles. The predicted octanol–water partition coefficient (Wildman–Crippen LogP) is 3.02. The highest BCUT2D eigenvalue weighted by Gasteiger charge is 2.45. The van der Waals surface area contributed by atoms with Gasteiger partial charge in [0.25, 0.3) is 11.7 Å². The van der Waals surface area contributed by atoms with Crippen molar-refractivity contribution in [1.82, 2.24) is 9.88 Å². The Morgan fingerprint density at radius 3 is 2.57 bits per heavy atom. The summed E-state index contributed by atoms with van der Waals surface area (Å²) in [7, 11) is 2.04. The lowest BCUT2D eigenvalue weighted by Gasteiger charge is -2.37. The molecule has 1 aromatic heterocycles. The van der Waals surface area contributed by atoms with Gasteiger partial charge in [-0.25, -0.2) is 9.13 Å². The third-order valence-corrected chi connectivity index (χ3v) is 6.04. The molecular weight excluding hydrogens is 350 g/mol. The van der Waals surface area contributed by atoms with Crippen LogP contribution in [-0.2, 0) is 24.0 Å². The molecule has 5 nitrogen and oxygen atoms in total. The molecule has 1 saturated carbocycles. The Labute approximate surface area is 168 Å². The number of carbonyl (C=O) groups is 1. The van der Waals surface area contributed by atoms with Gasteiger partial charge in [0.2, 0.25) is 0 Å². The molecule has 2 N–H and O–H groups in total. The van der Waals surface area contributed by atoms with Crippen molar-refractivity contribution in [3.05, 3.63) is 54.1 Å². The molecule has 5 heteroatoms. The number of aromatic nitrogens is 2. The van der Waals surface area contributed by atoms with E-state index in [1.807, 2.05) is 49.8 Å². The van der Waals surface area contributed by atoms with Gasteiger partial charge >= 0.3 is 0 Å². The number of nitrogens with one attached hydrogen (secondary N) is 1. The summed E-state index contributed by atoms with van der Waals surface area (Å²) in [5, 5.41) is 14.6. The molecule has 1 aliphatic carbocycles. The van der Waals surface area contributed by atoms with Crippen LogP contribution in [0.3, 0.4) is 0 Å². The van der Waals surface area contributed by atoms with E-state index in [4.69, 9.17) is 0 Å². The van der Waals surface area contributed by atoms with E-state index in [2.05, 4.69) is 28.3 Å². The van der Waals surface area contributed by atoms with Crippen LogP contribution in [0.25, 0.3) is 0 Å². The first-order valence-corrected chi connectivity index (χ1v) is 10.6. The largest absolute Gasteiger partial charge is 0.375 e. The first-order chi connectivity index (χ1) is 13.4. The highest BCUT2D eigenvalue weighted by Crippen LogP contribution is 2.39. The Hall–Kier alpha value is -2.14. The summed E-state index contributed by atoms with van der Waals surface area (Å²) in [6.45, 7) is 5.52. The molecule has 1 unspecified atom stereocenters. The van der Waals surface area contributed by atoms with Crippen molar-refractivity contribution in [3.63, 3.8) is 0 Å². The number of imidazole rings is 1. The van der Waals surface area contributed by atoms with Crippen LogP contribution in [0, 0.1) is 5.92 Å². The summed E-state index contributed by atoms with van der Waals surface area (Å²) in [5.74, 6) is 1.33. The maximum atomic E-state index is 13.2. The van der Waals surface area contributed by atoms with Gasteiger partial charge in [0.05, 0.1) is 19.5 Å². The molecule has 1 atom stereocenters. The molecule has 0 saturated heterocycles. The second-order valence-corrected chi connectivity index (χ2v) is 8.34. The van der Waals surface area contributed by atoms with Gasteiger partial charge in [-0.3, -0.25) is 4.79 Å². The van der Waals surface area contributed by atoms with Crippen LogP contribution in [0.15, 0.2) is 42.7 Å². The second-order valence-electron chi connectivity index (χ2n) is 8.34. The van der Waals surface area contributed by atoms with Crippen LogP contribution < -0.4 is 9.88 Å². The molecule has 0 aliphatic heterocycles. The summed E-state index contributed by atoms with van der Waals surface area (Å²) in [4.78, 5) is 13.2. The van der Waals surface area contributed by atoms with Crippen LogP contribution in [0.5, 0.6) is 0 Å². The minimum Gasteiger partial charge on any atom is -0.375 e. The normalized spacial score (nSPS) is 17.5. The predicted molar refractivity (Wildman–Crippen MR) is 110 cm³/mol. The Morgan fingerprint density at radius 1 is 1.25 bits per heavy atom. The number of rotatable bonds is 7. The van der Waals surface area contributed by atoms with E-state index in [9.17, 15) is 9.90 Å². The topological polar surface area (TPSA) is 58.1 Å². The average Bonchev–Trinajstić information content (AvgIpc) is 3.09. The smallest absolute Gasteiger partial charge is 0.258 e. The lowest BCUT2D eigenvalue weighted by atomic mass is 9.73. The van der Waals surface area contributed by atoms with Crippen LogP contribution in [0.4, 0.5) is 0 Å². The van der Waals surface area contributed by atoms with Crippen molar-refractivity contribution >= 4 is 5.91 Å². The summed E-state index contributed by atoms with van der Waals surface area (Å²) in [6, 6.07) is 9.45. The number of carbonyl (C=O) groups excluding carboxylic acids is 1. The molecule has 1 fully saturated rings. The monoisotopic (exact) mass is 384 g/mol. The molecule has 1 heterocycles. The zero-order valence-corrected chi connectivity index (χ0v) is 17.4. The zero-order chi connectivity index (χ0) is 20.1. The number of benzene rings is 1. The average molecular weight is 385 g/mol. The number of aliphatic hydroxyl groups is 1. The summed E-state index contributed by atoms with van der Waals surface area (Å²) in [5.41, 5.74) is -0.751. The number of hydrogen-bond acceptors (Lipinski definition) is 2. The molecule has 0 spiro atoms. The number of nitrogens with zero attached hydrogens (tertiary/aromatic N) is 2. The minimum atomic E-state index is -1.45. The standard InChI is InChI=1S/C23H33N3O2/c1-18(2)21-25(3)16-17-26(21)15-14-24-22(27)23(28,19-10-6-4-7-11-19)20-12-8-5-9-13-20/h4,6-7,10-11,16-18,20,28H,5,8-9,12-15H2,1-3H3/p+1. The van der Waals surface area contributed by atoms with E-state index < -0.39 is 5.60 Å². The molecule has 0 bridgehead atoms. The molecule has 1 amide bonds. The lowest BCUT2D eigenvalue weighted by molar-refractivity contribution is -0.680. The SMILES string of the molecule is CC(C)c1n(CCNC(=O)C(O)(c2ccccc2)C2CCCCC2)cc[n+]1C. The second kappa shape index (κ2) is 8.91. The Bertz CT molecular complexity index is 778. The Kier molecular flexibility index (Phi) is 6.55. The molecule has 2 aromatic rings. The highest BCUT2D eigenvalue weighted by molar-refractivity contribution is 5.86. The van der Waals surface area contributed by atoms with Crippen molar-refractivity contribution in [2.75, 3.05) is 6.54 Å². The van der Waals surface area contributed by atoms with Gasteiger partial charge in [-0.2, -0.15) is 0 Å². The fourth-order valence-electron chi connectivity index (χ4n) is 4.65. The summed E-state index contributed by atoms with van der Waals surface area (Å²) >= 11 is 0. The quantitative estimate of drug-likeness (QED) is 0.721. The maximum absolute atomic E-state index is 13.2. The van der Waals surface area contributed by atoms with Gasteiger partial charge in [0.1, 0.15) is 18.9 Å². The molecule has 1 aliphatic rings. The van der Waals surface area contributed by atoms with Crippen LogP contribution in [0.2, 0.25) is 0 Å².